The molecule has 9 aromatic carbocycles. The second kappa shape index (κ2) is 15.2. The van der Waals surface area contributed by atoms with E-state index in [0.29, 0.717) is 0 Å². The average Bonchev–Trinajstić information content (AvgIpc) is 3.30. The number of benzene rings is 9. The lowest BCUT2D eigenvalue weighted by Gasteiger charge is -2.34. The fourth-order valence-electron chi connectivity index (χ4n) is 8.50. The average molecular weight is 758 g/mol. The van der Waals surface area contributed by atoms with E-state index in [4.69, 9.17) is 4.74 Å². The van der Waals surface area contributed by atoms with Crippen LogP contribution in [0.5, 0.6) is 11.5 Å². The third-order valence-corrected chi connectivity index (χ3v) is 11.7. The summed E-state index contributed by atoms with van der Waals surface area (Å²) in [4.78, 5) is 2.35. The van der Waals surface area contributed by atoms with E-state index < -0.39 is 0 Å². The molecule has 0 unspecified atom stereocenters. The highest BCUT2D eigenvalue weighted by Gasteiger charge is 2.34. The van der Waals surface area contributed by atoms with Crippen molar-refractivity contribution in [2.45, 2.75) is 19.3 Å². The molecular weight excluding hydrogens is 715 g/mol. The van der Waals surface area contributed by atoms with Gasteiger partial charge in [0.1, 0.15) is 11.5 Å². The number of hydrogen-bond donors (Lipinski definition) is 0. The van der Waals surface area contributed by atoms with Gasteiger partial charge in [0, 0.05) is 33.6 Å². The predicted octanol–water partition coefficient (Wildman–Crippen LogP) is 15.9. The van der Waals surface area contributed by atoms with E-state index in [2.05, 4.69) is 237 Å². The fraction of sp³-hybridized carbons (Fsp3) is 0.0526. The van der Waals surface area contributed by atoms with Gasteiger partial charge in [-0.2, -0.15) is 0 Å². The maximum atomic E-state index is 6.37. The largest absolute Gasteiger partial charge is 0.457 e. The highest BCUT2D eigenvalue weighted by molar-refractivity contribution is 5.83. The molecule has 0 N–H and O–H groups in total. The number of ether oxygens (including phenoxy) is 1. The van der Waals surface area contributed by atoms with E-state index in [1.165, 1.54) is 61.2 Å². The maximum Gasteiger partial charge on any atom is 0.131 e. The molecule has 9 aromatic rings. The second-order valence-corrected chi connectivity index (χ2v) is 15.8. The van der Waals surface area contributed by atoms with Crippen molar-refractivity contribution >= 4 is 17.1 Å². The summed E-state index contributed by atoms with van der Waals surface area (Å²) < 4.78 is 6.37. The molecular formula is C57H43NO. The summed E-state index contributed by atoms with van der Waals surface area (Å²) in [5.41, 5.74) is 17.4. The van der Waals surface area contributed by atoms with Gasteiger partial charge in [0.25, 0.3) is 0 Å². The summed E-state index contributed by atoms with van der Waals surface area (Å²) in [5.74, 6) is 1.86. The molecule has 10 rings (SSSR count). The van der Waals surface area contributed by atoms with Crippen LogP contribution in [0, 0.1) is 0 Å². The Morgan fingerprint density at radius 2 is 0.627 bits per heavy atom. The van der Waals surface area contributed by atoms with E-state index in [1.807, 2.05) is 6.07 Å². The SMILES string of the molecule is CC1(C)c2ccccc2Oc2ccc(-c3ccc(N(c4ccc(-c5cccc(-c6ccccc6)c5)cc4)c4ccc(-c5cccc(-c6ccccc6)c5)cc4)cc3)cc21. The van der Waals surface area contributed by atoms with Gasteiger partial charge in [-0.15, -0.1) is 0 Å². The third-order valence-electron chi connectivity index (χ3n) is 11.7. The molecule has 0 spiro atoms. The topological polar surface area (TPSA) is 12.5 Å². The smallest absolute Gasteiger partial charge is 0.131 e. The van der Waals surface area contributed by atoms with Crippen LogP contribution in [-0.2, 0) is 5.41 Å². The maximum absolute atomic E-state index is 6.37. The lowest BCUT2D eigenvalue weighted by atomic mass is 9.75. The first-order valence-electron chi connectivity index (χ1n) is 20.3. The molecule has 1 aliphatic rings. The summed E-state index contributed by atoms with van der Waals surface area (Å²) in [6.45, 7) is 4.57. The van der Waals surface area contributed by atoms with Crippen LogP contribution < -0.4 is 9.64 Å². The Hall–Kier alpha value is -7.42. The first-order chi connectivity index (χ1) is 29.0. The Morgan fingerprint density at radius 3 is 1.08 bits per heavy atom. The Bertz CT molecular complexity index is 2770. The number of fused-ring (bicyclic) bond motifs is 2. The standard InChI is InChI=1S/C57H43NO/c1-57(2)53-21-9-10-22-55(53)59-56-36-29-49(39-54(56)57)44-27-34-52(35-28-44)58(50-30-23-42(24-31-50)47-19-11-17-45(37-47)40-13-5-3-6-14-40)51-32-25-43(26-33-51)48-20-12-18-46(38-48)41-15-7-4-8-16-41/h3-39H,1-2H3. The normalized spacial score (nSPS) is 12.5. The molecule has 0 radical (unpaired) electrons. The van der Waals surface area contributed by atoms with Crippen LogP contribution in [0.15, 0.2) is 224 Å². The molecule has 0 amide bonds. The predicted molar refractivity (Wildman–Crippen MR) is 247 cm³/mol. The highest BCUT2D eigenvalue weighted by Crippen LogP contribution is 2.49. The van der Waals surface area contributed by atoms with Crippen LogP contribution in [0.25, 0.3) is 55.6 Å². The Labute approximate surface area is 347 Å². The zero-order chi connectivity index (χ0) is 39.8. The molecule has 2 heteroatoms. The second-order valence-electron chi connectivity index (χ2n) is 15.8. The molecule has 0 saturated heterocycles. The fourth-order valence-corrected chi connectivity index (χ4v) is 8.50. The zero-order valence-electron chi connectivity index (χ0n) is 33.2. The molecule has 0 aliphatic carbocycles. The van der Waals surface area contributed by atoms with Crippen molar-refractivity contribution in [3.63, 3.8) is 0 Å². The van der Waals surface area contributed by atoms with Crippen molar-refractivity contribution in [1.82, 2.24) is 0 Å². The number of nitrogens with zero attached hydrogens (tertiary/aromatic N) is 1. The lowest BCUT2D eigenvalue weighted by Crippen LogP contribution is -2.24. The number of hydrogen-bond acceptors (Lipinski definition) is 2. The van der Waals surface area contributed by atoms with Crippen molar-refractivity contribution in [2.24, 2.45) is 0 Å². The van der Waals surface area contributed by atoms with Crippen molar-refractivity contribution in [3.8, 4) is 67.1 Å². The van der Waals surface area contributed by atoms with E-state index in [-0.39, 0.29) is 5.41 Å². The molecule has 59 heavy (non-hydrogen) atoms. The van der Waals surface area contributed by atoms with E-state index >= 15 is 0 Å². The van der Waals surface area contributed by atoms with Gasteiger partial charge in [0.05, 0.1) is 0 Å². The van der Waals surface area contributed by atoms with Crippen molar-refractivity contribution < 1.29 is 4.74 Å². The van der Waals surface area contributed by atoms with Gasteiger partial charge in [-0.05, 0) is 122 Å². The molecule has 1 aliphatic heterocycles. The Kier molecular flexibility index (Phi) is 9.24. The van der Waals surface area contributed by atoms with Gasteiger partial charge in [-0.1, -0.05) is 172 Å². The minimum Gasteiger partial charge on any atom is -0.457 e. The molecule has 0 fully saturated rings. The van der Waals surface area contributed by atoms with Crippen LogP contribution in [-0.4, -0.2) is 0 Å². The number of rotatable bonds is 8. The number of para-hydroxylation sites is 1. The van der Waals surface area contributed by atoms with Crippen molar-refractivity contribution in [3.05, 3.63) is 236 Å². The summed E-state index contributed by atoms with van der Waals surface area (Å²) in [5, 5.41) is 0. The quantitative estimate of drug-likeness (QED) is 0.153. The van der Waals surface area contributed by atoms with E-state index in [1.54, 1.807) is 0 Å². The first kappa shape index (κ1) is 36.0. The summed E-state index contributed by atoms with van der Waals surface area (Å²) in [7, 11) is 0. The highest BCUT2D eigenvalue weighted by atomic mass is 16.5. The summed E-state index contributed by atoms with van der Waals surface area (Å²) in [6.07, 6.45) is 0. The van der Waals surface area contributed by atoms with Crippen molar-refractivity contribution in [2.75, 3.05) is 4.90 Å². The van der Waals surface area contributed by atoms with Crippen LogP contribution in [0.4, 0.5) is 17.1 Å². The molecule has 282 valence electrons. The van der Waals surface area contributed by atoms with Crippen LogP contribution in [0.2, 0.25) is 0 Å². The molecule has 1 heterocycles. The van der Waals surface area contributed by atoms with Gasteiger partial charge in [0.2, 0.25) is 0 Å². The molecule has 0 atom stereocenters. The summed E-state index contributed by atoms with van der Waals surface area (Å²) >= 11 is 0. The van der Waals surface area contributed by atoms with Gasteiger partial charge >= 0.3 is 0 Å². The van der Waals surface area contributed by atoms with Crippen LogP contribution >= 0.6 is 0 Å². The van der Waals surface area contributed by atoms with Gasteiger partial charge in [-0.25, -0.2) is 0 Å². The number of anilines is 3. The van der Waals surface area contributed by atoms with Crippen LogP contribution in [0.3, 0.4) is 0 Å². The van der Waals surface area contributed by atoms with Gasteiger partial charge in [-0.3, -0.25) is 0 Å². The molecule has 0 aromatic heterocycles. The third kappa shape index (κ3) is 7.00. The Balaban J connectivity index is 0.996. The monoisotopic (exact) mass is 757 g/mol. The van der Waals surface area contributed by atoms with E-state index in [9.17, 15) is 0 Å². The summed E-state index contributed by atoms with van der Waals surface area (Å²) in [6, 6.07) is 80.5. The van der Waals surface area contributed by atoms with E-state index in [0.717, 1.165) is 34.1 Å². The van der Waals surface area contributed by atoms with Gasteiger partial charge in [0.15, 0.2) is 0 Å². The first-order valence-corrected chi connectivity index (χ1v) is 20.3. The Morgan fingerprint density at radius 1 is 0.288 bits per heavy atom. The lowest BCUT2D eigenvalue weighted by molar-refractivity contribution is 0.418. The minimum atomic E-state index is -0.180. The zero-order valence-corrected chi connectivity index (χ0v) is 33.2. The molecule has 0 saturated carbocycles. The minimum absolute atomic E-state index is 0.180. The molecule has 2 nitrogen and oxygen atoms in total. The van der Waals surface area contributed by atoms with Gasteiger partial charge < -0.3 is 9.64 Å². The van der Waals surface area contributed by atoms with Crippen molar-refractivity contribution in [1.29, 1.82) is 0 Å². The van der Waals surface area contributed by atoms with Crippen LogP contribution in [0.1, 0.15) is 25.0 Å². The molecule has 0 bridgehead atoms.